The molecule has 1 aliphatic rings. The molecule has 1 aliphatic heterocycles. The van der Waals surface area contributed by atoms with Gasteiger partial charge in [-0.1, -0.05) is 6.92 Å². The average Bonchev–Trinajstić information content (AvgIpc) is 2.60. The summed E-state index contributed by atoms with van der Waals surface area (Å²) in [4.78, 5) is 12.4. The quantitative estimate of drug-likeness (QED) is 0.758. The number of hydrogen-bond acceptors (Lipinski definition) is 4. The van der Waals surface area contributed by atoms with Gasteiger partial charge in [0.2, 0.25) is 15.9 Å². The van der Waals surface area contributed by atoms with Crippen LogP contribution in [0.25, 0.3) is 0 Å². The van der Waals surface area contributed by atoms with E-state index in [0.29, 0.717) is 25.9 Å². The smallest absolute Gasteiger partial charge is 0.243 e. The van der Waals surface area contributed by atoms with Crippen molar-refractivity contribution in [3.05, 3.63) is 30.1 Å². The van der Waals surface area contributed by atoms with Gasteiger partial charge in [-0.15, -0.1) is 0 Å². The molecule has 2 rings (SSSR count). The zero-order chi connectivity index (χ0) is 18.4. The molecule has 1 aromatic carbocycles. The second-order valence-corrected chi connectivity index (χ2v) is 8.30. The van der Waals surface area contributed by atoms with Crippen LogP contribution < -0.4 is 10.6 Å². The van der Waals surface area contributed by atoms with E-state index in [-0.39, 0.29) is 29.3 Å². The number of amides is 1. The number of sulfonamides is 1. The normalized spacial score (nSPS) is 20.2. The highest BCUT2D eigenvalue weighted by Gasteiger charge is 2.33. The third kappa shape index (κ3) is 5.23. The Morgan fingerprint density at radius 2 is 2.04 bits per heavy atom. The molecule has 0 spiro atoms. The van der Waals surface area contributed by atoms with Crippen LogP contribution in [-0.2, 0) is 14.8 Å². The number of carbonyl (C=O) groups is 1. The van der Waals surface area contributed by atoms with E-state index in [1.807, 2.05) is 13.8 Å². The van der Waals surface area contributed by atoms with E-state index in [9.17, 15) is 17.6 Å². The highest BCUT2D eigenvalue weighted by Crippen LogP contribution is 2.24. The van der Waals surface area contributed by atoms with Crippen molar-refractivity contribution < 1.29 is 17.6 Å². The summed E-state index contributed by atoms with van der Waals surface area (Å²) in [6.45, 7) is 5.84. The van der Waals surface area contributed by atoms with Crippen LogP contribution >= 0.6 is 0 Å². The molecule has 2 atom stereocenters. The molecule has 0 radical (unpaired) electrons. The third-order valence-corrected chi connectivity index (χ3v) is 6.22. The van der Waals surface area contributed by atoms with E-state index in [4.69, 9.17) is 0 Å². The fourth-order valence-corrected chi connectivity index (χ4v) is 4.47. The first-order valence-corrected chi connectivity index (χ1v) is 10.1. The zero-order valence-corrected chi connectivity index (χ0v) is 15.5. The molecule has 2 N–H and O–H groups in total. The molecule has 1 amide bonds. The molecule has 0 saturated carbocycles. The molecule has 0 bridgehead atoms. The van der Waals surface area contributed by atoms with E-state index in [1.165, 1.54) is 16.4 Å². The molecule has 1 unspecified atom stereocenters. The van der Waals surface area contributed by atoms with Crippen molar-refractivity contribution in [1.29, 1.82) is 0 Å². The van der Waals surface area contributed by atoms with Gasteiger partial charge in [-0.05, 0) is 50.6 Å². The van der Waals surface area contributed by atoms with Gasteiger partial charge in [0.05, 0.1) is 10.8 Å². The Kier molecular flexibility index (Phi) is 6.92. The van der Waals surface area contributed by atoms with E-state index in [2.05, 4.69) is 10.6 Å². The predicted octanol–water partition coefficient (Wildman–Crippen LogP) is 1.34. The maximum atomic E-state index is 13.0. The molecule has 1 fully saturated rings. The molecule has 1 saturated heterocycles. The van der Waals surface area contributed by atoms with Gasteiger partial charge in [0, 0.05) is 25.7 Å². The summed E-state index contributed by atoms with van der Waals surface area (Å²) >= 11 is 0. The Labute approximate surface area is 148 Å². The van der Waals surface area contributed by atoms with Gasteiger partial charge >= 0.3 is 0 Å². The molecule has 0 aromatic heterocycles. The number of likely N-dealkylation sites (N-methyl/N-ethyl adjacent to an activating group) is 1. The summed E-state index contributed by atoms with van der Waals surface area (Å²) in [6.07, 6.45) is 1.29. The fourth-order valence-electron chi connectivity index (χ4n) is 2.95. The van der Waals surface area contributed by atoms with E-state index < -0.39 is 15.8 Å². The SMILES string of the molecule is CCN[C@H](C)CNC(=O)C1CCCN(S(=O)(=O)c2ccc(F)cc2)C1. The lowest BCUT2D eigenvalue weighted by Gasteiger charge is -2.31. The van der Waals surface area contributed by atoms with Gasteiger partial charge in [-0.2, -0.15) is 4.31 Å². The van der Waals surface area contributed by atoms with Gasteiger partial charge in [-0.25, -0.2) is 12.8 Å². The Morgan fingerprint density at radius 3 is 2.68 bits per heavy atom. The first-order valence-electron chi connectivity index (χ1n) is 8.61. The average molecular weight is 371 g/mol. The van der Waals surface area contributed by atoms with Crippen molar-refractivity contribution in [2.45, 2.75) is 37.6 Å². The highest BCUT2D eigenvalue weighted by molar-refractivity contribution is 7.89. The summed E-state index contributed by atoms with van der Waals surface area (Å²) in [5.41, 5.74) is 0. The van der Waals surface area contributed by atoms with Crippen LogP contribution in [-0.4, -0.2) is 50.9 Å². The van der Waals surface area contributed by atoms with Crippen LogP contribution in [0.2, 0.25) is 0 Å². The van der Waals surface area contributed by atoms with Gasteiger partial charge in [0.15, 0.2) is 0 Å². The number of benzene rings is 1. The maximum Gasteiger partial charge on any atom is 0.243 e. The van der Waals surface area contributed by atoms with Crippen molar-refractivity contribution in [3.63, 3.8) is 0 Å². The molecule has 1 aromatic rings. The first kappa shape index (κ1) is 19.8. The Bertz CT molecular complexity index is 679. The Hall–Kier alpha value is -1.51. The van der Waals surface area contributed by atoms with Crippen molar-refractivity contribution >= 4 is 15.9 Å². The van der Waals surface area contributed by atoms with Gasteiger partial charge < -0.3 is 10.6 Å². The predicted molar refractivity (Wildman–Crippen MR) is 94.0 cm³/mol. The van der Waals surface area contributed by atoms with Gasteiger partial charge in [0.25, 0.3) is 0 Å². The number of halogens is 1. The summed E-state index contributed by atoms with van der Waals surface area (Å²) in [7, 11) is -3.71. The largest absolute Gasteiger partial charge is 0.354 e. The Morgan fingerprint density at radius 1 is 1.36 bits per heavy atom. The molecular formula is C17H26FN3O3S. The number of hydrogen-bond donors (Lipinski definition) is 2. The summed E-state index contributed by atoms with van der Waals surface area (Å²) in [6, 6.07) is 4.93. The van der Waals surface area contributed by atoms with E-state index >= 15 is 0 Å². The van der Waals surface area contributed by atoms with E-state index in [1.54, 1.807) is 0 Å². The minimum Gasteiger partial charge on any atom is -0.354 e. The molecule has 1 heterocycles. The minimum absolute atomic E-state index is 0.0516. The minimum atomic E-state index is -3.71. The van der Waals surface area contributed by atoms with Crippen molar-refractivity contribution in [2.24, 2.45) is 5.92 Å². The van der Waals surface area contributed by atoms with Crippen LogP contribution in [0, 0.1) is 11.7 Å². The molecule has 140 valence electrons. The number of carbonyl (C=O) groups excluding carboxylic acids is 1. The topological polar surface area (TPSA) is 78.5 Å². The third-order valence-electron chi connectivity index (χ3n) is 4.34. The Balaban J connectivity index is 2.00. The lowest BCUT2D eigenvalue weighted by molar-refractivity contribution is -0.126. The van der Waals surface area contributed by atoms with Gasteiger partial charge in [-0.3, -0.25) is 4.79 Å². The maximum absolute atomic E-state index is 13.0. The lowest BCUT2D eigenvalue weighted by atomic mass is 9.99. The number of rotatable bonds is 7. The molecule has 25 heavy (non-hydrogen) atoms. The zero-order valence-electron chi connectivity index (χ0n) is 14.7. The standard InChI is InChI=1S/C17H26FN3O3S/c1-3-19-13(2)11-20-17(22)14-5-4-10-21(12-14)25(23,24)16-8-6-15(18)7-9-16/h6-9,13-14,19H,3-5,10-12H2,1-2H3,(H,20,22)/t13-,14?/m1/s1. The molecular weight excluding hydrogens is 345 g/mol. The fraction of sp³-hybridized carbons (Fsp3) is 0.588. The number of nitrogens with one attached hydrogen (secondary N) is 2. The summed E-state index contributed by atoms with van der Waals surface area (Å²) in [5.74, 6) is -0.966. The van der Waals surface area contributed by atoms with Crippen LogP contribution in [0.3, 0.4) is 0 Å². The van der Waals surface area contributed by atoms with Gasteiger partial charge in [0.1, 0.15) is 5.82 Å². The van der Waals surface area contributed by atoms with E-state index in [0.717, 1.165) is 18.7 Å². The van der Waals surface area contributed by atoms with Crippen LogP contribution in [0.5, 0.6) is 0 Å². The van der Waals surface area contributed by atoms with Crippen molar-refractivity contribution in [2.75, 3.05) is 26.2 Å². The monoisotopic (exact) mass is 371 g/mol. The first-order chi connectivity index (χ1) is 11.8. The molecule has 8 heteroatoms. The van der Waals surface area contributed by atoms with Crippen LogP contribution in [0.1, 0.15) is 26.7 Å². The highest BCUT2D eigenvalue weighted by atomic mass is 32.2. The second-order valence-electron chi connectivity index (χ2n) is 6.36. The summed E-state index contributed by atoms with van der Waals surface area (Å²) in [5, 5.41) is 6.09. The number of piperidine rings is 1. The van der Waals surface area contributed by atoms with Crippen LogP contribution in [0.15, 0.2) is 29.2 Å². The van der Waals surface area contributed by atoms with Crippen LogP contribution in [0.4, 0.5) is 4.39 Å². The molecule has 0 aliphatic carbocycles. The molecule has 6 nitrogen and oxygen atoms in total. The van der Waals surface area contributed by atoms with Crippen molar-refractivity contribution in [3.8, 4) is 0 Å². The lowest BCUT2D eigenvalue weighted by Crippen LogP contribution is -2.47. The second kappa shape index (κ2) is 8.73. The number of nitrogens with zero attached hydrogens (tertiary/aromatic N) is 1. The summed E-state index contributed by atoms with van der Waals surface area (Å²) < 4.78 is 39.7. The van der Waals surface area contributed by atoms with Crippen molar-refractivity contribution in [1.82, 2.24) is 14.9 Å².